The molecule has 2 N–H and O–H groups in total. The van der Waals surface area contributed by atoms with E-state index in [2.05, 4.69) is 13.8 Å². The second-order valence-corrected chi connectivity index (χ2v) is 4.18. The van der Waals surface area contributed by atoms with Crippen LogP contribution in [0.3, 0.4) is 0 Å². The van der Waals surface area contributed by atoms with E-state index in [1.54, 1.807) is 7.11 Å². The van der Waals surface area contributed by atoms with E-state index in [1.807, 2.05) is 18.2 Å². The molecule has 0 heterocycles. The van der Waals surface area contributed by atoms with Gasteiger partial charge >= 0.3 is 0 Å². The average molecular weight is 237 g/mol. The van der Waals surface area contributed by atoms with Crippen LogP contribution in [0.4, 0.5) is 0 Å². The largest absolute Gasteiger partial charge is 0.493 e. The van der Waals surface area contributed by atoms with Gasteiger partial charge in [0.1, 0.15) is 0 Å². The van der Waals surface area contributed by atoms with E-state index < -0.39 is 0 Å². The average Bonchev–Trinajstić information content (AvgIpc) is 2.39. The van der Waals surface area contributed by atoms with Crippen LogP contribution < -0.4 is 15.2 Å². The molecule has 1 rings (SSSR count). The van der Waals surface area contributed by atoms with Gasteiger partial charge in [-0.1, -0.05) is 32.8 Å². The Balaban J connectivity index is 2.70. The molecule has 1 aromatic rings. The van der Waals surface area contributed by atoms with E-state index in [4.69, 9.17) is 15.2 Å². The van der Waals surface area contributed by atoms with Crippen LogP contribution in [0.2, 0.25) is 0 Å². The highest BCUT2D eigenvalue weighted by Crippen LogP contribution is 2.28. The number of ether oxygens (including phenoxy) is 2. The second-order valence-electron chi connectivity index (χ2n) is 4.18. The minimum Gasteiger partial charge on any atom is -0.493 e. The van der Waals surface area contributed by atoms with Crippen molar-refractivity contribution >= 4 is 0 Å². The molecule has 0 unspecified atom stereocenters. The lowest BCUT2D eigenvalue weighted by Gasteiger charge is -2.16. The van der Waals surface area contributed by atoms with Crippen molar-refractivity contribution in [3.8, 4) is 11.5 Å². The van der Waals surface area contributed by atoms with Gasteiger partial charge in [-0.3, -0.25) is 0 Å². The first-order chi connectivity index (χ1) is 8.24. The van der Waals surface area contributed by atoms with Gasteiger partial charge in [0.05, 0.1) is 13.7 Å². The fourth-order valence-corrected chi connectivity index (χ4v) is 1.69. The summed E-state index contributed by atoms with van der Waals surface area (Å²) in [4.78, 5) is 0. The summed E-state index contributed by atoms with van der Waals surface area (Å²) in [5.74, 6) is 2.17. The summed E-state index contributed by atoms with van der Waals surface area (Å²) in [6, 6.07) is 5.84. The molecule has 0 aliphatic heterocycles. The van der Waals surface area contributed by atoms with Crippen molar-refractivity contribution in [2.75, 3.05) is 13.7 Å². The predicted molar refractivity (Wildman–Crippen MR) is 70.5 cm³/mol. The molecular weight excluding hydrogens is 214 g/mol. The zero-order chi connectivity index (χ0) is 12.7. The number of rotatable bonds is 7. The van der Waals surface area contributed by atoms with E-state index in [1.165, 1.54) is 0 Å². The Morgan fingerprint density at radius 1 is 1.18 bits per heavy atom. The standard InChI is InChI=1S/C14H23NO2/c1-4-11(5-2)10-17-13-7-6-12(9-15)8-14(13)16-3/h6-8,11H,4-5,9-10,15H2,1-3H3. The number of benzene rings is 1. The third-order valence-corrected chi connectivity index (χ3v) is 3.09. The minimum absolute atomic E-state index is 0.517. The van der Waals surface area contributed by atoms with Crippen LogP contribution in [-0.2, 0) is 6.54 Å². The molecule has 3 nitrogen and oxygen atoms in total. The van der Waals surface area contributed by atoms with Gasteiger partial charge in [-0.25, -0.2) is 0 Å². The molecule has 0 amide bonds. The molecular formula is C14H23NO2. The molecule has 0 radical (unpaired) electrons. The lowest BCUT2D eigenvalue weighted by atomic mass is 10.1. The Morgan fingerprint density at radius 2 is 1.88 bits per heavy atom. The third kappa shape index (κ3) is 3.93. The van der Waals surface area contributed by atoms with Gasteiger partial charge in [-0.2, -0.15) is 0 Å². The maximum atomic E-state index is 5.81. The molecule has 0 saturated carbocycles. The first kappa shape index (κ1) is 13.8. The molecule has 0 aliphatic carbocycles. The Hall–Kier alpha value is -1.22. The zero-order valence-corrected chi connectivity index (χ0v) is 11.0. The van der Waals surface area contributed by atoms with E-state index in [9.17, 15) is 0 Å². The summed E-state index contributed by atoms with van der Waals surface area (Å²) in [6.45, 7) is 5.63. The lowest BCUT2D eigenvalue weighted by molar-refractivity contribution is 0.230. The second kappa shape index (κ2) is 7.17. The summed E-state index contributed by atoms with van der Waals surface area (Å²) in [5.41, 5.74) is 6.64. The number of nitrogens with two attached hydrogens (primary N) is 1. The summed E-state index contributed by atoms with van der Waals surface area (Å²) < 4.78 is 11.1. The van der Waals surface area contributed by atoms with Crippen molar-refractivity contribution in [3.63, 3.8) is 0 Å². The first-order valence-corrected chi connectivity index (χ1v) is 6.24. The van der Waals surface area contributed by atoms with E-state index in [-0.39, 0.29) is 0 Å². The van der Waals surface area contributed by atoms with Gasteiger partial charge in [0.2, 0.25) is 0 Å². The molecule has 0 bridgehead atoms. The predicted octanol–water partition coefficient (Wildman–Crippen LogP) is 2.97. The van der Waals surface area contributed by atoms with Gasteiger partial charge in [0, 0.05) is 6.54 Å². The fraction of sp³-hybridized carbons (Fsp3) is 0.571. The van der Waals surface area contributed by atoms with Crippen LogP contribution in [0, 0.1) is 5.92 Å². The molecule has 96 valence electrons. The van der Waals surface area contributed by atoms with Crippen molar-refractivity contribution in [1.82, 2.24) is 0 Å². The topological polar surface area (TPSA) is 44.5 Å². The highest BCUT2D eigenvalue weighted by atomic mass is 16.5. The number of hydrogen-bond donors (Lipinski definition) is 1. The molecule has 3 heteroatoms. The van der Waals surface area contributed by atoms with Crippen LogP contribution in [0.1, 0.15) is 32.3 Å². The van der Waals surface area contributed by atoms with E-state index >= 15 is 0 Å². The van der Waals surface area contributed by atoms with Gasteiger partial charge in [0.15, 0.2) is 11.5 Å². The highest BCUT2D eigenvalue weighted by Gasteiger charge is 2.08. The van der Waals surface area contributed by atoms with Crippen LogP contribution in [0.25, 0.3) is 0 Å². The highest BCUT2D eigenvalue weighted by molar-refractivity contribution is 5.42. The molecule has 1 aromatic carbocycles. The molecule has 0 atom stereocenters. The van der Waals surface area contributed by atoms with Crippen LogP contribution >= 0.6 is 0 Å². The normalized spacial score (nSPS) is 10.6. The van der Waals surface area contributed by atoms with Gasteiger partial charge in [-0.05, 0) is 23.6 Å². The Morgan fingerprint density at radius 3 is 2.41 bits per heavy atom. The Bertz CT molecular complexity index is 335. The van der Waals surface area contributed by atoms with Crippen molar-refractivity contribution in [3.05, 3.63) is 23.8 Å². The SMILES string of the molecule is CCC(CC)COc1ccc(CN)cc1OC. The monoisotopic (exact) mass is 237 g/mol. The first-order valence-electron chi connectivity index (χ1n) is 6.24. The smallest absolute Gasteiger partial charge is 0.161 e. The van der Waals surface area contributed by atoms with E-state index in [0.717, 1.165) is 36.5 Å². The fourth-order valence-electron chi connectivity index (χ4n) is 1.69. The summed E-state index contributed by atoms with van der Waals surface area (Å²) >= 11 is 0. The summed E-state index contributed by atoms with van der Waals surface area (Å²) in [7, 11) is 1.65. The van der Waals surface area contributed by atoms with Gasteiger partial charge in [-0.15, -0.1) is 0 Å². The van der Waals surface area contributed by atoms with Crippen LogP contribution in [-0.4, -0.2) is 13.7 Å². The maximum Gasteiger partial charge on any atom is 0.161 e. The molecule has 0 fully saturated rings. The molecule has 0 spiro atoms. The minimum atomic E-state index is 0.517. The van der Waals surface area contributed by atoms with Crippen molar-refractivity contribution in [2.24, 2.45) is 11.7 Å². The van der Waals surface area contributed by atoms with Crippen molar-refractivity contribution in [2.45, 2.75) is 33.2 Å². The Kier molecular flexibility index (Phi) is 5.84. The van der Waals surface area contributed by atoms with Gasteiger partial charge in [0.25, 0.3) is 0 Å². The quantitative estimate of drug-likeness (QED) is 0.793. The van der Waals surface area contributed by atoms with Crippen LogP contribution in [0.15, 0.2) is 18.2 Å². The third-order valence-electron chi connectivity index (χ3n) is 3.09. The number of methoxy groups -OCH3 is 1. The lowest BCUT2D eigenvalue weighted by Crippen LogP contribution is -2.10. The molecule has 0 aliphatic rings. The molecule has 0 saturated heterocycles. The van der Waals surface area contributed by atoms with Crippen molar-refractivity contribution in [1.29, 1.82) is 0 Å². The molecule has 17 heavy (non-hydrogen) atoms. The van der Waals surface area contributed by atoms with Crippen LogP contribution in [0.5, 0.6) is 11.5 Å². The zero-order valence-electron chi connectivity index (χ0n) is 11.0. The maximum absolute atomic E-state index is 5.81. The summed E-state index contributed by atoms with van der Waals surface area (Å²) in [5, 5.41) is 0. The number of hydrogen-bond acceptors (Lipinski definition) is 3. The van der Waals surface area contributed by atoms with Gasteiger partial charge < -0.3 is 15.2 Å². The van der Waals surface area contributed by atoms with Crippen molar-refractivity contribution < 1.29 is 9.47 Å². The Labute approximate surface area is 104 Å². The van der Waals surface area contributed by atoms with E-state index in [0.29, 0.717) is 12.5 Å². The molecule has 0 aromatic heterocycles. The summed E-state index contributed by atoms with van der Waals surface area (Å²) in [6.07, 6.45) is 2.28.